The number of β-amino-alcohol motifs (C(OH)–C–C–N with tert-alkyl or cyclic N) is 1. The standard InChI is InChI=1S/C13H25N3O2/c1-11-3-4-14-12(11)13(18)16-6-2-5-15(7-8-16)9-10-17/h11-12,14,17H,2-10H2,1H3. The number of nitrogens with zero attached hydrogens (tertiary/aromatic N) is 2. The summed E-state index contributed by atoms with van der Waals surface area (Å²) >= 11 is 0. The van der Waals surface area contributed by atoms with Crippen LogP contribution >= 0.6 is 0 Å². The molecule has 0 spiro atoms. The number of hydrogen-bond donors (Lipinski definition) is 2. The lowest BCUT2D eigenvalue weighted by atomic mass is 10.0. The van der Waals surface area contributed by atoms with Crippen LogP contribution in [-0.2, 0) is 4.79 Å². The van der Waals surface area contributed by atoms with E-state index in [1.165, 1.54) is 0 Å². The van der Waals surface area contributed by atoms with Gasteiger partial charge in [-0.3, -0.25) is 9.69 Å². The molecule has 2 heterocycles. The summed E-state index contributed by atoms with van der Waals surface area (Å²) in [5, 5.41) is 12.3. The molecule has 5 nitrogen and oxygen atoms in total. The van der Waals surface area contributed by atoms with Crippen molar-refractivity contribution in [1.82, 2.24) is 15.1 Å². The minimum absolute atomic E-state index is 0.0226. The lowest BCUT2D eigenvalue weighted by molar-refractivity contribution is -0.133. The van der Waals surface area contributed by atoms with E-state index in [9.17, 15) is 4.79 Å². The molecule has 18 heavy (non-hydrogen) atoms. The van der Waals surface area contributed by atoms with Crippen molar-refractivity contribution in [3.63, 3.8) is 0 Å². The monoisotopic (exact) mass is 255 g/mol. The van der Waals surface area contributed by atoms with Crippen molar-refractivity contribution in [1.29, 1.82) is 0 Å². The quantitative estimate of drug-likeness (QED) is 0.714. The molecule has 2 aliphatic heterocycles. The van der Waals surface area contributed by atoms with Gasteiger partial charge in [0.25, 0.3) is 0 Å². The fourth-order valence-corrected chi connectivity index (χ4v) is 2.92. The van der Waals surface area contributed by atoms with E-state index in [0.717, 1.165) is 52.1 Å². The number of nitrogens with one attached hydrogen (secondary N) is 1. The molecule has 2 rings (SSSR count). The predicted molar refractivity (Wildman–Crippen MR) is 70.3 cm³/mol. The summed E-state index contributed by atoms with van der Waals surface area (Å²) in [6.45, 7) is 7.55. The number of amides is 1. The molecule has 2 N–H and O–H groups in total. The largest absolute Gasteiger partial charge is 0.395 e. The van der Waals surface area contributed by atoms with Gasteiger partial charge >= 0.3 is 0 Å². The Labute approximate surface area is 109 Å². The Morgan fingerprint density at radius 3 is 2.83 bits per heavy atom. The van der Waals surface area contributed by atoms with E-state index in [-0.39, 0.29) is 18.6 Å². The van der Waals surface area contributed by atoms with Crippen molar-refractivity contribution in [2.75, 3.05) is 45.9 Å². The smallest absolute Gasteiger partial charge is 0.240 e. The molecule has 0 radical (unpaired) electrons. The minimum atomic E-state index is 0.0226. The highest BCUT2D eigenvalue weighted by molar-refractivity contribution is 5.82. The molecule has 2 aliphatic rings. The second kappa shape index (κ2) is 6.50. The molecule has 0 aliphatic carbocycles. The van der Waals surface area contributed by atoms with E-state index in [2.05, 4.69) is 17.1 Å². The fourth-order valence-electron chi connectivity index (χ4n) is 2.92. The molecule has 0 aromatic heterocycles. The molecule has 2 fully saturated rings. The van der Waals surface area contributed by atoms with Crippen molar-refractivity contribution in [2.24, 2.45) is 5.92 Å². The Balaban J connectivity index is 1.87. The van der Waals surface area contributed by atoms with Gasteiger partial charge in [0, 0.05) is 26.2 Å². The zero-order valence-corrected chi connectivity index (χ0v) is 11.3. The third kappa shape index (κ3) is 3.22. The molecule has 0 aromatic carbocycles. The molecule has 2 atom stereocenters. The van der Waals surface area contributed by atoms with Crippen LogP contribution in [0.15, 0.2) is 0 Å². The van der Waals surface area contributed by atoms with Crippen LogP contribution in [0, 0.1) is 5.92 Å². The van der Waals surface area contributed by atoms with Crippen molar-refractivity contribution in [3.05, 3.63) is 0 Å². The van der Waals surface area contributed by atoms with Gasteiger partial charge in [0.15, 0.2) is 0 Å². The highest BCUT2D eigenvalue weighted by atomic mass is 16.3. The van der Waals surface area contributed by atoms with Crippen molar-refractivity contribution in [3.8, 4) is 0 Å². The maximum Gasteiger partial charge on any atom is 0.240 e. The summed E-state index contributed by atoms with van der Waals surface area (Å²) in [7, 11) is 0. The van der Waals surface area contributed by atoms with Crippen molar-refractivity contribution < 1.29 is 9.90 Å². The number of carbonyl (C=O) groups excluding carboxylic acids is 1. The van der Waals surface area contributed by atoms with Gasteiger partial charge in [0.05, 0.1) is 12.6 Å². The maximum absolute atomic E-state index is 12.4. The average Bonchev–Trinajstić information content (AvgIpc) is 2.64. The van der Waals surface area contributed by atoms with Gasteiger partial charge in [-0.2, -0.15) is 0 Å². The number of aliphatic hydroxyl groups excluding tert-OH is 1. The van der Waals surface area contributed by atoms with E-state index in [0.29, 0.717) is 5.92 Å². The Morgan fingerprint density at radius 2 is 2.17 bits per heavy atom. The van der Waals surface area contributed by atoms with Gasteiger partial charge in [-0.05, 0) is 31.8 Å². The number of carbonyl (C=O) groups is 1. The van der Waals surface area contributed by atoms with Crippen LogP contribution in [0.1, 0.15) is 19.8 Å². The first-order valence-electron chi connectivity index (χ1n) is 7.07. The third-order valence-electron chi connectivity index (χ3n) is 4.12. The van der Waals surface area contributed by atoms with E-state index >= 15 is 0 Å². The first-order valence-corrected chi connectivity index (χ1v) is 7.07. The zero-order valence-electron chi connectivity index (χ0n) is 11.3. The molecule has 0 saturated carbocycles. The predicted octanol–water partition coefficient (Wildman–Crippen LogP) is -0.489. The first kappa shape index (κ1) is 13.8. The third-order valence-corrected chi connectivity index (χ3v) is 4.12. The molecular formula is C13H25N3O2. The molecule has 0 bridgehead atoms. The van der Waals surface area contributed by atoms with Crippen LogP contribution < -0.4 is 5.32 Å². The Bertz CT molecular complexity index is 285. The lowest BCUT2D eigenvalue weighted by Gasteiger charge is -2.26. The first-order chi connectivity index (χ1) is 8.72. The molecule has 2 unspecified atom stereocenters. The summed E-state index contributed by atoms with van der Waals surface area (Å²) in [4.78, 5) is 16.7. The number of hydrogen-bond acceptors (Lipinski definition) is 4. The number of rotatable bonds is 3. The van der Waals surface area contributed by atoms with Crippen LogP contribution in [0.25, 0.3) is 0 Å². The Hall–Kier alpha value is -0.650. The normalized spacial score (nSPS) is 30.4. The second-order valence-electron chi connectivity index (χ2n) is 5.44. The van der Waals surface area contributed by atoms with E-state index < -0.39 is 0 Å². The van der Waals surface area contributed by atoms with Crippen LogP contribution in [0.5, 0.6) is 0 Å². The fraction of sp³-hybridized carbons (Fsp3) is 0.923. The summed E-state index contributed by atoms with van der Waals surface area (Å²) in [5.74, 6) is 0.722. The zero-order chi connectivity index (χ0) is 13.0. The SMILES string of the molecule is CC1CCNC1C(=O)N1CCCN(CCO)CC1. The van der Waals surface area contributed by atoms with E-state index in [1.54, 1.807) is 0 Å². The van der Waals surface area contributed by atoms with Crippen molar-refractivity contribution >= 4 is 5.91 Å². The summed E-state index contributed by atoms with van der Waals surface area (Å²) in [6.07, 6.45) is 2.10. The summed E-state index contributed by atoms with van der Waals surface area (Å²) in [6, 6.07) is 0.0226. The molecule has 104 valence electrons. The van der Waals surface area contributed by atoms with Gasteiger partial charge in [0.1, 0.15) is 0 Å². The van der Waals surface area contributed by atoms with Crippen LogP contribution in [0.3, 0.4) is 0 Å². The van der Waals surface area contributed by atoms with Gasteiger partial charge in [-0.15, -0.1) is 0 Å². The highest BCUT2D eigenvalue weighted by Crippen LogP contribution is 2.17. The summed E-state index contributed by atoms with van der Waals surface area (Å²) in [5.41, 5.74) is 0. The summed E-state index contributed by atoms with van der Waals surface area (Å²) < 4.78 is 0. The number of aliphatic hydroxyl groups is 1. The van der Waals surface area contributed by atoms with Gasteiger partial charge in [-0.25, -0.2) is 0 Å². The van der Waals surface area contributed by atoms with E-state index in [1.807, 2.05) is 4.90 Å². The molecule has 1 amide bonds. The topological polar surface area (TPSA) is 55.8 Å². The Morgan fingerprint density at radius 1 is 1.33 bits per heavy atom. The van der Waals surface area contributed by atoms with Crippen LogP contribution in [0.4, 0.5) is 0 Å². The Kier molecular flexibility index (Phi) is 4.97. The molecule has 5 heteroatoms. The van der Waals surface area contributed by atoms with Crippen LogP contribution in [0.2, 0.25) is 0 Å². The second-order valence-corrected chi connectivity index (χ2v) is 5.44. The van der Waals surface area contributed by atoms with E-state index in [4.69, 9.17) is 5.11 Å². The molecule has 0 aromatic rings. The van der Waals surface area contributed by atoms with Gasteiger partial charge in [0.2, 0.25) is 5.91 Å². The molecular weight excluding hydrogens is 230 g/mol. The molecule has 2 saturated heterocycles. The average molecular weight is 255 g/mol. The lowest BCUT2D eigenvalue weighted by Crippen LogP contribution is -2.47. The maximum atomic E-state index is 12.4. The van der Waals surface area contributed by atoms with Crippen molar-refractivity contribution in [2.45, 2.75) is 25.8 Å². The minimum Gasteiger partial charge on any atom is -0.395 e. The van der Waals surface area contributed by atoms with Gasteiger partial charge < -0.3 is 15.3 Å². The van der Waals surface area contributed by atoms with Crippen LogP contribution in [-0.4, -0.2) is 72.7 Å². The highest BCUT2D eigenvalue weighted by Gasteiger charge is 2.32. The van der Waals surface area contributed by atoms with Gasteiger partial charge in [-0.1, -0.05) is 6.92 Å².